The van der Waals surface area contributed by atoms with Crippen molar-refractivity contribution in [1.82, 2.24) is 5.32 Å². The van der Waals surface area contributed by atoms with Gasteiger partial charge in [0.15, 0.2) is 0 Å². The molecule has 0 radical (unpaired) electrons. The minimum absolute atomic E-state index is 0.228. The van der Waals surface area contributed by atoms with E-state index in [1.165, 1.54) is 12.1 Å². The number of nitrogens with one attached hydrogen (secondary N) is 1. The smallest absolute Gasteiger partial charge is 0.405 e. The molecule has 0 saturated carbocycles. The molecule has 0 bridgehead atoms. The Hall–Kier alpha value is -1.28. The molecule has 3 N–H and O–H groups in total. The maximum absolute atomic E-state index is 12.1. The van der Waals surface area contributed by atoms with Crippen LogP contribution >= 0.6 is 15.9 Å². The molecule has 8 heteroatoms. The highest BCUT2D eigenvalue weighted by molar-refractivity contribution is 9.10. The van der Waals surface area contributed by atoms with E-state index in [4.69, 9.17) is 5.73 Å². The fraction of sp³-hybridized carbons (Fsp3) is 0.417. The summed E-state index contributed by atoms with van der Waals surface area (Å²) < 4.78 is 40.3. The van der Waals surface area contributed by atoms with Gasteiger partial charge in [-0.1, -0.05) is 6.07 Å². The fourth-order valence-corrected chi connectivity index (χ4v) is 1.99. The number of primary amides is 1. The monoisotopic (exact) mass is 354 g/mol. The minimum Gasteiger partial charge on any atom is -0.405 e. The summed E-state index contributed by atoms with van der Waals surface area (Å²) in [5.74, 6) is -0.641. The molecule has 1 rings (SSSR count). The molecule has 0 spiro atoms. The van der Waals surface area contributed by atoms with Gasteiger partial charge in [-0.15, -0.1) is 13.2 Å². The Balaban J connectivity index is 2.45. The summed E-state index contributed by atoms with van der Waals surface area (Å²) in [5, 5.41) is 3.06. The fourth-order valence-electron chi connectivity index (χ4n) is 1.48. The Morgan fingerprint density at radius 3 is 2.65 bits per heavy atom. The van der Waals surface area contributed by atoms with Crippen LogP contribution in [-0.4, -0.2) is 18.8 Å². The number of hydrogen-bond donors (Lipinski definition) is 2. The molecule has 0 aromatic heterocycles. The van der Waals surface area contributed by atoms with Crippen LogP contribution in [0.1, 0.15) is 18.4 Å². The van der Waals surface area contributed by atoms with Crippen LogP contribution in [0, 0.1) is 0 Å². The third-order valence-corrected chi connectivity index (χ3v) is 2.95. The van der Waals surface area contributed by atoms with Gasteiger partial charge >= 0.3 is 6.36 Å². The lowest BCUT2D eigenvalue weighted by Crippen LogP contribution is -2.19. The topological polar surface area (TPSA) is 64.4 Å². The second-order valence-electron chi connectivity index (χ2n) is 4.06. The van der Waals surface area contributed by atoms with Gasteiger partial charge in [0.25, 0.3) is 0 Å². The molecule has 1 aromatic rings. The second-order valence-corrected chi connectivity index (χ2v) is 4.91. The molecule has 0 saturated heterocycles. The first kappa shape index (κ1) is 16.8. The first-order valence-corrected chi connectivity index (χ1v) is 6.60. The van der Waals surface area contributed by atoms with Gasteiger partial charge in [-0.25, -0.2) is 0 Å². The third-order valence-electron chi connectivity index (χ3n) is 2.33. The summed E-state index contributed by atoms with van der Waals surface area (Å²) in [7, 11) is 0. The molecule has 0 unspecified atom stereocenters. The standard InChI is InChI=1S/C12H14BrF3N2O2/c13-9-6-8(7-18-5-1-2-11(17)19)3-4-10(9)20-12(14,15)16/h3-4,6,18H,1-2,5,7H2,(H2,17,19). The Bertz CT molecular complexity index is 467. The van der Waals surface area contributed by atoms with Crippen LogP contribution in [0.4, 0.5) is 13.2 Å². The number of nitrogens with two attached hydrogens (primary N) is 1. The van der Waals surface area contributed by atoms with Crippen molar-refractivity contribution in [2.24, 2.45) is 5.73 Å². The summed E-state index contributed by atoms with van der Waals surface area (Å²) >= 11 is 3.03. The van der Waals surface area contributed by atoms with Crippen LogP contribution in [0.15, 0.2) is 22.7 Å². The van der Waals surface area contributed by atoms with E-state index in [9.17, 15) is 18.0 Å². The second kappa shape index (κ2) is 7.49. The van der Waals surface area contributed by atoms with E-state index < -0.39 is 6.36 Å². The quantitative estimate of drug-likeness (QED) is 0.740. The number of carbonyl (C=O) groups is 1. The van der Waals surface area contributed by atoms with Crippen molar-refractivity contribution in [3.05, 3.63) is 28.2 Å². The van der Waals surface area contributed by atoms with Crippen molar-refractivity contribution >= 4 is 21.8 Å². The highest BCUT2D eigenvalue weighted by Gasteiger charge is 2.31. The van der Waals surface area contributed by atoms with E-state index >= 15 is 0 Å². The van der Waals surface area contributed by atoms with Crippen molar-refractivity contribution < 1.29 is 22.7 Å². The SMILES string of the molecule is NC(=O)CCCNCc1ccc(OC(F)(F)F)c(Br)c1. The molecule has 0 fully saturated rings. The van der Waals surface area contributed by atoms with Crippen molar-refractivity contribution in [3.8, 4) is 5.75 Å². The molecule has 0 aliphatic carbocycles. The number of rotatable bonds is 7. The van der Waals surface area contributed by atoms with E-state index in [-0.39, 0.29) is 16.1 Å². The van der Waals surface area contributed by atoms with Crippen LogP contribution in [-0.2, 0) is 11.3 Å². The van der Waals surface area contributed by atoms with Gasteiger partial charge in [0, 0.05) is 13.0 Å². The third kappa shape index (κ3) is 6.76. The van der Waals surface area contributed by atoms with Crippen molar-refractivity contribution in [3.63, 3.8) is 0 Å². The lowest BCUT2D eigenvalue weighted by Gasteiger charge is -2.11. The van der Waals surface area contributed by atoms with Crippen molar-refractivity contribution in [2.45, 2.75) is 25.7 Å². The molecule has 112 valence electrons. The van der Waals surface area contributed by atoms with E-state index in [0.717, 1.165) is 5.56 Å². The summed E-state index contributed by atoms with van der Waals surface area (Å²) in [4.78, 5) is 10.5. The number of alkyl halides is 3. The summed E-state index contributed by atoms with van der Waals surface area (Å²) in [6.07, 6.45) is -3.79. The average Bonchev–Trinajstić information content (AvgIpc) is 2.30. The predicted octanol–water partition coefficient (Wildman–Crippen LogP) is 2.70. The van der Waals surface area contributed by atoms with Gasteiger partial charge in [-0.3, -0.25) is 4.79 Å². The average molecular weight is 355 g/mol. The molecule has 0 aliphatic heterocycles. The summed E-state index contributed by atoms with van der Waals surface area (Å²) in [5.41, 5.74) is 5.79. The Labute approximate surface area is 122 Å². The maximum Gasteiger partial charge on any atom is 0.573 e. The molecular formula is C12H14BrF3N2O2. The van der Waals surface area contributed by atoms with Crippen LogP contribution in [0.5, 0.6) is 5.75 Å². The van der Waals surface area contributed by atoms with E-state index in [0.29, 0.717) is 25.9 Å². The van der Waals surface area contributed by atoms with Gasteiger partial charge in [0.05, 0.1) is 4.47 Å². The van der Waals surface area contributed by atoms with E-state index in [2.05, 4.69) is 26.0 Å². The predicted molar refractivity (Wildman–Crippen MR) is 71.0 cm³/mol. The molecule has 20 heavy (non-hydrogen) atoms. The highest BCUT2D eigenvalue weighted by atomic mass is 79.9. The van der Waals surface area contributed by atoms with Gasteiger partial charge in [-0.05, 0) is 46.6 Å². The molecule has 0 atom stereocenters. The van der Waals surface area contributed by atoms with Gasteiger partial charge in [0.2, 0.25) is 5.91 Å². The van der Waals surface area contributed by atoms with Gasteiger partial charge in [0.1, 0.15) is 5.75 Å². The maximum atomic E-state index is 12.1. The van der Waals surface area contributed by atoms with Crippen molar-refractivity contribution in [2.75, 3.05) is 6.54 Å². The first-order chi connectivity index (χ1) is 9.28. The minimum atomic E-state index is -4.71. The number of ether oxygens (including phenoxy) is 1. The lowest BCUT2D eigenvalue weighted by atomic mass is 10.2. The number of amides is 1. The summed E-state index contributed by atoms with van der Waals surface area (Å²) in [6, 6.07) is 4.33. The number of benzene rings is 1. The zero-order chi connectivity index (χ0) is 15.2. The Kier molecular flexibility index (Phi) is 6.28. The highest BCUT2D eigenvalue weighted by Crippen LogP contribution is 2.30. The molecule has 1 amide bonds. The first-order valence-electron chi connectivity index (χ1n) is 5.81. The van der Waals surface area contributed by atoms with Crippen molar-refractivity contribution in [1.29, 1.82) is 0 Å². The molecule has 1 aromatic carbocycles. The van der Waals surface area contributed by atoms with Gasteiger partial charge in [-0.2, -0.15) is 0 Å². The number of halogens is 4. The van der Waals surface area contributed by atoms with Crippen LogP contribution in [0.2, 0.25) is 0 Å². The number of carbonyl (C=O) groups excluding carboxylic acids is 1. The molecule has 4 nitrogen and oxygen atoms in total. The normalized spacial score (nSPS) is 11.4. The molecule has 0 heterocycles. The van der Waals surface area contributed by atoms with Crippen LogP contribution in [0.25, 0.3) is 0 Å². The zero-order valence-corrected chi connectivity index (χ0v) is 12.1. The zero-order valence-electron chi connectivity index (χ0n) is 10.5. The Morgan fingerprint density at radius 2 is 2.10 bits per heavy atom. The summed E-state index contributed by atoms with van der Waals surface area (Å²) in [6.45, 7) is 1.07. The van der Waals surface area contributed by atoms with Crippen LogP contribution in [0.3, 0.4) is 0 Å². The molecular weight excluding hydrogens is 341 g/mol. The largest absolute Gasteiger partial charge is 0.573 e. The van der Waals surface area contributed by atoms with Gasteiger partial charge < -0.3 is 15.8 Å². The number of hydrogen-bond acceptors (Lipinski definition) is 3. The van der Waals surface area contributed by atoms with E-state index in [1.807, 2.05) is 0 Å². The molecule has 0 aliphatic rings. The lowest BCUT2D eigenvalue weighted by molar-refractivity contribution is -0.274. The van der Waals surface area contributed by atoms with E-state index in [1.54, 1.807) is 6.07 Å². The van der Waals surface area contributed by atoms with Crippen LogP contribution < -0.4 is 15.8 Å². The Morgan fingerprint density at radius 1 is 1.40 bits per heavy atom.